The van der Waals surface area contributed by atoms with Crippen molar-refractivity contribution in [3.05, 3.63) is 330 Å². The Labute approximate surface area is 690 Å². The minimum Gasteiger partial charge on any atom is -0.489 e. The molecule has 0 atom stereocenters. The number of carbonyl (C=O) groups is 8. The Morgan fingerprint density at radius 2 is 0.300 bits per heavy atom. The second-order valence-electron chi connectivity index (χ2n) is 26.7. The van der Waals surface area contributed by atoms with Crippen LogP contribution in [0.2, 0.25) is 0 Å². The number of rotatable bonds is 39. The van der Waals surface area contributed by atoms with Crippen LogP contribution in [0.25, 0.3) is 0 Å². The van der Waals surface area contributed by atoms with Crippen LogP contribution < -0.4 is 47.4 Å². The second-order valence-corrected chi connectivity index (χ2v) is 26.7. The third kappa shape index (κ3) is 24.6. The Balaban J connectivity index is 0.790. The molecule has 11 aromatic rings. The maximum Gasteiger partial charge on any atom is 0.338 e. The van der Waals surface area contributed by atoms with Gasteiger partial charge < -0.3 is 90.4 Å². The zero-order valence-corrected chi connectivity index (χ0v) is 66.7. The number of esters is 8. The molecule has 0 aliphatic rings. The molecule has 0 unspecified atom stereocenters. The first-order chi connectivity index (χ1) is 58.2. The van der Waals surface area contributed by atoms with E-state index in [9.17, 15) is 43.5 Å². The summed E-state index contributed by atoms with van der Waals surface area (Å²) >= 11 is 0. The van der Waals surface area contributed by atoms with E-state index in [2.05, 4.69) is 0 Å². The molecule has 27 heteroatoms. The summed E-state index contributed by atoms with van der Waals surface area (Å²) in [5.41, 5.74) is 9.13. The van der Waals surface area contributed by atoms with E-state index in [0.717, 1.165) is 44.5 Å². The molecule has 0 saturated heterocycles. The lowest BCUT2D eigenvalue weighted by molar-refractivity contribution is 0.0580. The maximum absolute atomic E-state index is 12.4. The van der Waals surface area contributed by atoms with Gasteiger partial charge in [0.25, 0.3) is 0 Å². The average Bonchev–Trinajstić information content (AvgIpc) is 0.847. The molecule has 0 radical (unpaired) electrons. The standard InChI is InChI=1S/C93H84O27/c1-103-86(95)68-31-69(87(96)104-2)36-82(35-68)115-51-61-17-9-57(10-18-61)47-111-78-27-66(28-79(44-78)112-48-58-11-19-62(20-12-58)52-116-83-37-70(88(97)105-3)32-71(38-83)89(98)106-4)55-119-76-25-65(46-94)26-77(43-76)120-56-67-29-80(113-49-59-13-21-63(22-14-59)53-117-84-39-72(90(99)107-5)33-73(40-84)91(100)108-6)45-81(30-67)114-50-60-15-23-64(24-16-60)54-118-85-41-74(92(101)109-7)34-75(42-85)93(102)110-8/h9-45,94H,46-56H2,1-8H3. The number of benzene rings is 11. The molecule has 0 aromatic heterocycles. The third-order valence-corrected chi connectivity index (χ3v) is 18.1. The van der Waals surface area contributed by atoms with Crippen molar-refractivity contribution in [2.24, 2.45) is 0 Å². The molecule has 0 aliphatic carbocycles. The molecule has 0 bridgehead atoms. The van der Waals surface area contributed by atoms with E-state index in [0.29, 0.717) is 51.2 Å². The molecule has 0 saturated carbocycles. The zero-order valence-electron chi connectivity index (χ0n) is 66.7. The largest absolute Gasteiger partial charge is 0.489 e. The van der Waals surface area contributed by atoms with Gasteiger partial charge in [-0.2, -0.15) is 0 Å². The smallest absolute Gasteiger partial charge is 0.338 e. The summed E-state index contributed by atoms with van der Waals surface area (Å²) in [6.07, 6.45) is 0. The van der Waals surface area contributed by atoms with Gasteiger partial charge in [0.2, 0.25) is 0 Å². The molecule has 11 rings (SSSR count). The van der Waals surface area contributed by atoms with Gasteiger partial charge in [0, 0.05) is 18.2 Å². The number of hydrogen-bond acceptors (Lipinski definition) is 27. The van der Waals surface area contributed by atoms with Gasteiger partial charge in [-0.3, -0.25) is 0 Å². The van der Waals surface area contributed by atoms with Crippen LogP contribution in [0.5, 0.6) is 57.5 Å². The number of ether oxygens (including phenoxy) is 18. The molecule has 120 heavy (non-hydrogen) atoms. The van der Waals surface area contributed by atoms with Crippen LogP contribution in [0.15, 0.2) is 224 Å². The first kappa shape index (κ1) is 86.0. The predicted octanol–water partition coefficient (Wildman–Crippen LogP) is 15.3. The van der Waals surface area contributed by atoms with Crippen LogP contribution in [-0.2, 0) is 111 Å². The fourth-order valence-electron chi connectivity index (χ4n) is 11.9. The van der Waals surface area contributed by atoms with Gasteiger partial charge >= 0.3 is 47.8 Å². The van der Waals surface area contributed by atoms with E-state index >= 15 is 0 Å². The van der Waals surface area contributed by atoms with Gasteiger partial charge in [-0.05, 0) is 170 Å². The number of carbonyl (C=O) groups excluding carboxylic acids is 8. The highest BCUT2D eigenvalue weighted by molar-refractivity contribution is 5.99. The first-order valence-corrected chi connectivity index (χ1v) is 37.1. The number of aliphatic hydroxyl groups is 1. The average molecular weight is 1630 g/mol. The fourth-order valence-corrected chi connectivity index (χ4v) is 11.9. The van der Waals surface area contributed by atoms with Crippen LogP contribution >= 0.6 is 0 Å². The summed E-state index contributed by atoms with van der Waals surface area (Å²) in [5, 5.41) is 10.6. The third-order valence-electron chi connectivity index (χ3n) is 18.1. The van der Waals surface area contributed by atoms with Crippen LogP contribution in [0.4, 0.5) is 0 Å². The van der Waals surface area contributed by atoms with Gasteiger partial charge in [0.1, 0.15) is 124 Å². The van der Waals surface area contributed by atoms with Gasteiger partial charge in [-0.25, -0.2) is 38.4 Å². The number of aliphatic hydroxyl groups excluding tert-OH is 1. The monoisotopic (exact) mass is 1630 g/mol. The Morgan fingerprint density at radius 1 is 0.175 bits per heavy atom. The molecule has 618 valence electrons. The lowest BCUT2D eigenvalue weighted by Gasteiger charge is -2.16. The molecule has 0 fully saturated rings. The van der Waals surface area contributed by atoms with Crippen LogP contribution in [0, 0.1) is 0 Å². The molecule has 1 N–H and O–H groups in total. The number of hydrogen-bond donors (Lipinski definition) is 1. The van der Waals surface area contributed by atoms with Crippen molar-refractivity contribution in [1.82, 2.24) is 0 Å². The molecule has 0 aliphatic heterocycles. The summed E-state index contributed by atoms with van der Waals surface area (Å²) < 4.78 is 102. The van der Waals surface area contributed by atoms with E-state index in [1.807, 2.05) is 121 Å². The second kappa shape index (κ2) is 42.1. The summed E-state index contributed by atoms with van der Waals surface area (Å²) in [7, 11) is 9.90. The molecule has 0 amide bonds. The lowest BCUT2D eigenvalue weighted by Crippen LogP contribution is -2.08. The highest BCUT2D eigenvalue weighted by Crippen LogP contribution is 2.33. The van der Waals surface area contributed by atoms with Gasteiger partial charge in [-0.1, -0.05) is 97.1 Å². The SMILES string of the molecule is COC(=O)c1cc(OCc2ccc(COc3cc(COc4cc(CO)cc(OCc5cc(OCc6ccc(COc7cc(C(=O)OC)cc(C(=O)OC)c7)cc6)cc(OCc6ccc(COc7cc(C(=O)OC)cc(C(=O)OC)c7)cc6)c5)c4)cc(OCc4ccc(COc5cc(C(=O)OC)cc(C(=O)OC)c5)cc4)c3)cc2)cc(C(=O)OC)c1. The topological polar surface area (TPSA) is 323 Å². The van der Waals surface area contributed by atoms with E-state index in [1.54, 1.807) is 30.3 Å². The highest BCUT2D eigenvalue weighted by Gasteiger charge is 2.21. The summed E-state index contributed by atoms with van der Waals surface area (Å²) in [5.74, 6) is -1.60. The lowest BCUT2D eigenvalue weighted by atomic mass is 10.1. The Hall–Kier alpha value is -14.9. The van der Waals surface area contributed by atoms with Crippen LogP contribution in [0.1, 0.15) is 144 Å². The Kier molecular flexibility index (Phi) is 30.2. The van der Waals surface area contributed by atoms with Crippen molar-refractivity contribution < 1.29 is 129 Å². The van der Waals surface area contributed by atoms with Gasteiger partial charge in [-0.15, -0.1) is 0 Å². The predicted molar refractivity (Wildman–Crippen MR) is 431 cm³/mol. The minimum absolute atomic E-state index is 0.00402. The van der Waals surface area contributed by atoms with E-state index in [-0.39, 0.29) is 140 Å². The summed E-state index contributed by atoms with van der Waals surface area (Å²) in [4.78, 5) is 99.5. The van der Waals surface area contributed by atoms with Crippen LogP contribution in [-0.4, -0.2) is 110 Å². The van der Waals surface area contributed by atoms with E-state index in [1.165, 1.54) is 130 Å². The first-order valence-electron chi connectivity index (χ1n) is 37.1. The van der Waals surface area contributed by atoms with Crippen molar-refractivity contribution in [2.75, 3.05) is 56.9 Å². The van der Waals surface area contributed by atoms with Crippen molar-refractivity contribution >= 4 is 47.8 Å². The van der Waals surface area contributed by atoms with Crippen molar-refractivity contribution in [2.45, 2.75) is 72.7 Å². The molecular formula is C93H84O27. The normalized spacial score (nSPS) is 10.7. The van der Waals surface area contributed by atoms with Gasteiger partial charge in [0.05, 0.1) is 108 Å². The van der Waals surface area contributed by atoms with Gasteiger partial charge in [0.15, 0.2) is 0 Å². The van der Waals surface area contributed by atoms with Crippen molar-refractivity contribution in [1.29, 1.82) is 0 Å². The quantitative estimate of drug-likeness (QED) is 0.0276. The van der Waals surface area contributed by atoms with Crippen molar-refractivity contribution in [3.63, 3.8) is 0 Å². The molecule has 0 spiro atoms. The van der Waals surface area contributed by atoms with E-state index < -0.39 is 47.8 Å². The highest BCUT2D eigenvalue weighted by atomic mass is 16.6. The molecule has 11 aromatic carbocycles. The Morgan fingerprint density at radius 3 is 0.433 bits per heavy atom. The fraction of sp³-hybridized carbons (Fsp3) is 0.204. The minimum atomic E-state index is -0.648. The zero-order chi connectivity index (χ0) is 85.0. The Bertz CT molecular complexity index is 4700. The number of methoxy groups -OCH3 is 8. The van der Waals surface area contributed by atoms with Crippen LogP contribution in [0.3, 0.4) is 0 Å². The summed E-state index contributed by atoms with van der Waals surface area (Å²) in [6.45, 7) is 0.601. The molecular weight excluding hydrogens is 1550 g/mol. The maximum atomic E-state index is 12.4. The summed E-state index contributed by atoms with van der Waals surface area (Å²) in [6, 6.07) is 63.2. The van der Waals surface area contributed by atoms with Crippen molar-refractivity contribution in [3.8, 4) is 57.5 Å². The van der Waals surface area contributed by atoms with E-state index in [4.69, 9.17) is 85.3 Å². The molecule has 0 heterocycles. The molecule has 27 nitrogen and oxygen atoms in total.